The average Bonchev–Trinajstić information content (AvgIpc) is 2.54. The van der Waals surface area contributed by atoms with E-state index in [1.54, 1.807) is 0 Å². The number of carbonyl (C=O) groups is 2. The van der Waals surface area contributed by atoms with E-state index in [9.17, 15) is 9.59 Å². The normalized spacial score (nSPS) is 14.9. The number of Topliss-reactive ketones (excluding diaryl/α,β-unsaturated/α-hetero) is 1. The molecule has 1 heterocycles. The maximum Gasteiger partial charge on any atom is 0.245 e. The molecule has 1 rings (SSSR count). The molecule has 0 saturated carbocycles. The number of amides is 1. The molecule has 6 heteroatoms. The zero-order valence-corrected chi connectivity index (χ0v) is 7.80. The van der Waals surface area contributed by atoms with Gasteiger partial charge in [0, 0.05) is 5.38 Å². The molecule has 0 radical (unpaired) electrons. The van der Waals surface area contributed by atoms with Crippen molar-refractivity contribution in [1.82, 2.24) is 4.98 Å². The minimum Gasteiger partial charge on any atom is -0.368 e. The van der Waals surface area contributed by atoms with Crippen LogP contribution in [0.5, 0.6) is 0 Å². The topological polar surface area (TPSA) is 99.1 Å². The summed E-state index contributed by atoms with van der Waals surface area (Å²) in [6.45, 7) is 1.27. The number of thiazole rings is 1. The van der Waals surface area contributed by atoms with Crippen molar-refractivity contribution >= 4 is 23.0 Å². The number of rotatable bonds is 3. The first-order chi connectivity index (χ1) is 5.96. The summed E-state index contributed by atoms with van der Waals surface area (Å²) in [5.41, 5.74) is 10.4. The van der Waals surface area contributed by atoms with E-state index in [2.05, 4.69) is 4.98 Å². The molecular weight excluding hydrogens is 190 g/mol. The van der Waals surface area contributed by atoms with Crippen molar-refractivity contribution in [2.24, 2.45) is 11.5 Å². The Balaban J connectivity index is 2.98. The molecule has 0 aromatic carbocycles. The van der Waals surface area contributed by atoms with Gasteiger partial charge in [0.25, 0.3) is 0 Å². The second-order valence-electron chi connectivity index (χ2n) is 2.77. The van der Waals surface area contributed by atoms with Crippen LogP contribution in [-0.4, -0.2) is 22.2 Å². The van der Waals surface area contributed by atoms with E-state index < -0.39 is 17.2 Å². The monoisotopic (exact) mass is 199 g/mol. The van der Waals surface area contributed by atoms with Gasteiger partial charge in [0.05, 0.1) is 5.51 Å². The summed E-state index contributed by atoms with van der Waals surface area (Å²) in [5.74, 6) is -1.41. The highest BCUT2D eigenvalue weighted by molar-refractivity contribution is 7.07. The van der Waals surface area contributed by atoms with Crippen LogP contribution >= 0.6 is 11.3 Å². The van der Waals surface area contributed by atoms with Crippen molar-refractivity contribution in [3.63, 3.8) is 0 Å². The van der Waals surface area contributed by atoms with E-state index in [-0.39, 0.29) is 5.69 Å². The lowest BCUT2D eigenvalue weighted by molar-refractivity contribution is -0.121. The Morgan fingerprint density at radius 2 is 2.23 bits per heavy atom. The molecule has 0 fully saturated rings. The molecular formula is C7H9N3O2S. The fraction of sp³-hybridized carbons (Fsp3) is 0.286. The summed E-state index contributed by atoms with van der Waals surface area (Å²) in [6, 6.07) is 0. The third kappa shape index (κ3) is 1.73. The van der Waals surface area contributed by atoms with Gasteiger partial charge in [0.2, 0.25) is 11.7 Å². The number of carbonyl (C=O) groups excluding carboxylic acids is 2. The van der Waals surface area contributed by atoms with Crippen LogP contribution in [-0.2, 0) is 4.79 Å². The molecule has 5 nitrogen and oxygen atoms in total. The highest BCUT2D eigenvalue weighted by Crippen LogP contribution is 2.10. The second kappa shape index (κ2) is 3.23. The average molecular weight is 199 g/mol. The standard InChI is InChI=1S/C7H9N3O2S/c1-7(9,6(8)12)5(11)4-2-13-3-10-4/h2-3H,9H2,1H3,(H2,8,12)/t7-/m0/s1. The lowest BCUT2D eigenvalue weighted by Crippen LogP contribution is -2.55. The van der Waals surface area contributed by atoms with Gasteiger partial charge in [-0.05, 0) is 6.92 Å². The second-order valence-corrected chi connectivity index (χ2v) is 3.49. The fourth-order valence-corrected chi connectivity index (χ4v) is 1.23. The summed E-state index contributed by atoms with van der Waals surface area (Å²) in [5, 5.41) is 1.52. The van der Waals surface area contributed by atoms with Crippen molar-refractivity contribution in [3.05, 3.63) is 16.6 Å². The van der Waals surface area contributed by atoms with Crippen molar-refractivity contribution in [3.8, 4) is 0 Å². The Morgan fingerprint density at radius 3 is 2.62 bits per heavy atom. The number of ketones is 1. The predicted molar refractivity (Wildman–Crippen MR) is 48.2 cm³/mol. The molecule has 1 amide bonds. The molecule has 1 aromatic rings. The maximum absolute atomic E-state index is 11.5. The van der Waals surface area contributed by atoms with E-state index in [0.717, 1.165) is 0 Å². The Bertz CT molecular complexity index is 332. The van der Waals surface area contributed by atoms with Crippen molar-refractivity contribution in [2.75, 3.05) is 0 Å². The Labute approximate surface area is 78.8 Å². The van der Waals surface area contributed by atoms with Crippen LogP contribution in [0.15, 0.2) is 10.9 Å². The number of aromatic nitrogens is 1. The van der Waals surface area contributed by atoms with Crippen LogP contribution < -0.4 is 11.5 Å². The predicted octanol–water partition coefficient (Wildman–Crippen LogP) is -0.472. The minimum atomic E-state index is -1.67. The molecule has 4 N–H and O–H groups in total. The van der Waals surface area contributed by atoms with Gasteiger partial charge in [-0.25, -0.2) is 4.98 Å². The SMILES string of the molecule is C[C@@](N)(C(N)=O)C(=O)c1cscn1. The first-order valence-corrected chi connectivity index (χ1v) is 4.42. The summed E-state index contributed by atoms with van der Waals surface area (Å²) in [6.07, 6.45) is 0. The van der Waals surface area contributed by atoms with Crippen LogP contribution in [0.4, 0.5) is 0 Å². The number of nitrogens with zero attached hydrogens (tertiary/aromatic N) is 1. The number of hydrogen-bond donors (Lipinski definition) is 2. The van der Waals surface area contributed by atoms with E-state index in [1.165, 1.54) is 29.2 Å². The quantitative estimate of drug-likeness (QED) is 0.507. The highest BCUT2D eigenvalue weighted by Gasteiger charge is 2.36. The Kier molecular flexibility index (Phi) is 2.44. The summed E-state index contributed by atoms with van der Waals surface area (Å²) >= 11 is 1.26. The lowest BCUT2D eigenvalue weighted by Gasteiger charge is -2.16. The lowest BCUT2D eigenvalue weighted by atomic mass is 9.95. The van der Waals surface area contributed by atoms with Crippen molar-refractivity contribution < 1.29 is 9.59 Å². The molecule has 0 spiro atoms. The zero-order chi connectivity index (χ0) is 10.1. The Morgan fingerprint density at radius 1 is 1.62 bits per heavy atom. The van der Waals surface area contributed by atoms with Gasteiger partial charge in [-0.3, -0.25) is 9.59 Å². The molecule has 0 aliphatic carbocycles. The van der Waals surface area contributed by atoms with Crippen molar-refractivity contribution in [2.45, 2.75) is 12.5 Å². The van der Waals surface area contributed by atoms with Gasteiger partial charge in [0.15, 0.2) is 5.54 Å². The summed E-state index contributed by atoms with van der Waals surface area (Å²) in [4.78, 5) is 26.0. The van der Waals surface area contributed by atoms with Gasteiger partial charge in [-0.2, -0.15) is 0 Å². The van der Waals surface area contributed by atoms with E-state index in [4.69, 9.17) is 11.5 Å². The van der Waals surface area contributed by atoms with Crippen LogP contribution in [0.25, 0.3) is 0 Å². The first kappa shape index (κ1) is 9.82. The zero-order valence-electron chi connectivity index (χ0n) is 6.98. The maximum atomic E-state index is 11.5. The molecule has 1 aromatic heterocycles. The largest absolute Gasteiger partial charge is 0.368 e. The van der Waals surface area contributed by atoms with Gasteiger partial charge < -0.3 is 11.5 Å². The van der Waals surface area contributed by atoms with E-state index in [1.807, 2.05) is 0 Å². The highest BCUT2D eigenvalue weighted by atomic mass is 32.1. The van der Waals surface area contributed by atoms with E-state index >= 15 is 0 Å². The first-order valence-electron chi connectivity index (χ1n) is 3.48. The van der Waals surface area contributed by atoms with Gasteiger partial charge >= 0.3 is 0 Å². The van der Waals surface area contributed by atoms with Gasteiger partial charge in [-0.15, -0.1) is 11.3 Å². The smallest absolute Gasteiger partial charge is 0.245 e. The molecule has 13 heavy (non-hydrogen) atoms. The molecule has 1 atom stereocenters. The van der Waals surface area contributed by atoms with Gasteiger partial charge in [0.1, 0.15) is 5.69 Å². The number of nitrogens with two attached hydrogens (primary N) is 2. The molecule has 0 aliphatic rings. The van der Waals surface area contributed by atoms with Crippen LogP contribution in [0.3, 0.4) is 0 Å². The fourth-order valence-electron chi connectivity index (χ4n) is 0.703. The molecule has 0 unspecified atom stereocenters. The number of hydrogen-bond acceptors (Lipinski definition) is 5. The summed E-state index contributed by atoms with van der Waals surface area (Å²) < 4.78 is 0. The van der Waals surface area contributed by atoms with Crippen LogP contribution in [0.1, 0.15) is 17.4 Å². The summed E-state index contributed by atoms with van der Waals surface area (Å²) in [7, 11) is 0. The molecule has 70 valence electrons. The van der Waals surface area contributed by atoms with Gasteiger partial charge in [-0.1, -0.05) is 0 Å². The third-order valence-electron chi connectivity index (χ3n) is 1.65. The molecule has 0 bridgehead atoms. The third-order valence-corrected chi connectivity index (χ3v) is 2.23. The van der Waals surface area contributed by atoms with Crippen LogP contribution in [0.2, 0.25) is 0 Å². The molecule has 0 aliphatic heterocycles. The van der Waals surface area contributed by atoms with Crippen molar-refractivity contribution in [1.29, 1.82) is 0 Å². The van der Waals surface area contributed by atoms with E-state index in [0.29, 0.717) is 0 Å². The minimum absolute atomic E-state index is 0.175. The molecule has 0 saturated heterocycles. The Hall–Kier alpha value is -1.27. The van der Waals surface area contributed by atoms with Crippen LogP contribution in [0, 0.1) is 0 Å². The number of primary amides is 1.